The van der Waals surface area contributed by atoms with Crippen LogP contribution in [0.15, 0.2) is 18.5 Å². The molecule has 2 aromatic heterocycles. The molecule has 0 saturated carbocycles. The van der Waals surface area contributed by atoms with E-state index in [1.165, 1.54) is 0 Å². The third-order valence-electron chi connectivity index (χ3n) is 2.96. The SMILES string of the molecule is Cc1ncc(C[n+]2ccc(CCO)n2C)c(N)n1. The van der Waals surface area contributed by atoms with Gasteiger partial charge in [0.25, 0.3) is 0 Å². The summed E-state index contributed by atoms with van der Waals surface area (Å²) in [4.78, 5) is 8.30. The van der Waals surface area contributed by atoms with E-state index in [0.717, 1.165) is 11.3 Å². The van der Waals surface area contributed by atoms with Gasteiger partial charge in [-0.2, -0.15) is 4.68 Å². The second-order valence-corrected chi connectivity index (χ2v) is 4.23. The fourth-order valence-corrected chi connectivity index (χ4v) is 1.87. The number of aryl methyl sites for hydroxylation is 1. The predicted octanol–water partition coefficient (Wildman–Crippen LogP) is -0.424. The van der Waals surface area contributed by atoms with Crippen molar-refractivity contribution < 1.29 is 9.79 Å². The molecule has 0 unspecified atom stereocenters. The van der Waals surface area contributed by atoms with Gasteiger partial charge in [0.15, 0.2) is 6.20 Å². The highest BCUT2D eigenvalue weighted by atomic mass is 16.3. The van der Waals surface area contributed by atoms with Crippen LogP contribution in [-0.2, 0) is 20.0 Å². The van der Waals surface area contributed by atoms with Crippen LogP contribution in [0.4, 0.5) is 5.82 Å². The smallest absolute Gasteiger partial charge is 0.202 e. The molecule has 6 heteroatoms. The van der Waals surface area contributed by atoms with Crippen molar-refractivity contribution in [3.8, 4) is 0 Å². The summed E-state index contributed by atoms with van der Waals surface area (Å²) in [5.74, 6) is 1.19. The van der Waals surface area contributed by atoms with E-state index >= 15 is 0 Å². The maximum atomic E-state index is 8.96. The number of nitrogens with two attached hydrogens (primary N) is 1. The molecule has 18 heavy (non-hydrogen) atoms. The average molecular weight is 248 g/mol. The third-order valence-corrected chi connectivity index (χ3v) is 2.96. The maximum absolute atomic E-state index is 8.96. The van der Waals surface area contributed by atoms with Gasteiger partial charge in [0.1, 0.15) is 11.6 Å². The monoisotopic (exact) mass is 248 g/mol. The number of nitrogen functional groups attached to an aromatic ring is 1. The van der Waals surface area contributed by atoms with Gasteiger partial charge in [-0.15, -0.1) is 4.68 Å². The number of aliphatic hydroxyl groups is 1. The predicted molar refractivity (Wildman–Crippen MR) is 66.7 cm³/mol. The summed E-state index contributed by atoms with van der Waals surface area (Å²) in [5, 5.41) is 8.96. The highest BCUT2D eigenvalue weighted by Crippen LogP contribution is 2.07. The van der Waals surface area contributed by atoms with E-state index in [-0.39, 0.29) is 6.61 Å². The normalized spacial score (nSPS) is 10.8. The minimum absolute atomic E-state index is 0.146. The number of hydrogen-bond acceptors (Lipinski definition) is 4. The van der Waals surface area contributed by atoms with Crippen LogP contribution in [0, 0.1) is 6.92 Å². The molecule has 6 nitrogen and oxygen atoms in total. The molecule has 0 aromatic carbocycles. The number of rotatable bonds is 4. The van der Waals surface area contributed by atoms with Gasteiger partial charge in [0, 0.05) is 25.3 Å². The number of hydrogen-bond donors (Lipinski definition) is 2. The molecule has 0 amide bonds. The fourth-order valence-electron chi connectivity index (χ4n) is 1.87. The molecule has 0 atom stereocenters. The Morgan fingerprint density at radius 2 is 2.28 bits per heavy atom. The van der Waals surface area contributed by atoms with Crippen molar-refractivity contribution in [1.82, 2.24) is 14.6 Å². The largest absolute Gasteiger partial charge is 0.396 e. The fraction of sp³-hybridized carbons (Fsp3) is 0.417. The van der Waals surface area contributed by atoms with Crippen LogP contribution in [0.1, 0.15) is 17.1 Å². The Bertz CT molecular complexity index is 549. The molecule has 0 aliphatic rings. The summed E-state index contributed by atoms with van der Waals surface area (Å²) in [7, 11) is 1.95. The quantitative estimate of drug-likeness (QED) is 0.720. The van der Waals surface area contributed by atoms with Gasteiger partial charge in [-0.1, -0.05) is 0 Å². The number of aromatic nitrogens is 4. The highest BCUT2D eigenvalue weighted by molar-refractivity contribution is 5.36. The molecular weight excluding hydrogens is 230 g/mol. The van der Waals surface area contributed by atoms with Crippen molar-refractivity contribution in [2.24, 2.45) is 7.05 Å². The molecule has 2 heterocycles. The zero-order chi connectivity index (χ0) is 13.1. The Hall–Kier alpha value is -1.95. The highest BCUT2D eigenvalue weighted by Gasteiger charge is 2.14. The summed E-state index contributed by atoms with van der Waals surface area (Å²) in [6.07, 6.45) is 4.36. The first-order chi connectivity index (χ1) is 8.61. The Kier molecular flexibility index (Phi) is 3.57. The molecule has 0 saturated heterocycles. The van der Waals surface area contributed by atoms with Gasteiger partial charge in [0.05, 0.1) is 18.3 Å². The molecule has 0 fully saturated rings. The van der Waals surface area contributed by atoms with E-state index < -0.39 is 0 Å². The standard InChI is InChI=1S/C12H18N5O/c1-9-14-7-10(12(13)15-9)8-17-5-3-11(4-6-18)16(17)2/h3,5,7,18H,4,6,8H2,1-2H3,(H2,13,14,15)/q+1. The van der Waals surface area contributed by atoms with Crippen LogP contribution in [0.2, 0.25) is 0 Å². The van der Waals surface area contributed by atoms with Crippen molar-refractivity contribution in [3.05, 3.63) is 35.5 Å². The second kappa shape index (κ2) is 5.14. The van der Waals surface area contributed by atoms with Gasteiger partial charge >= 0.3 is 0 Å². The van der Waals surface area contributed by atoms with E-state index in [0.29, 0.717) is 24.6 Å². The lowest BCUT2D eigenvalue weighted by Gasteiger charge is -2.03. The number of anilines is 1. The molecule has 3 N–H and O–H groups in total. The minimum atomic E-state index is 0.146. The first kappa shape index (κ1) is 12.5. The van der Waals surface area contributed by atoms with Crippen LogP contribution in [-0.4, -0.2) is 26.4 Å². The van der Waals surface area contributed by atoms with Crippen molar-refractivity contribution in [3.63, 3.8) is 0 Å². The minimum Gasteiger partial charge on any atom is -0.396 e. The molecule has 0 spiro atoms. The topological polar surface area (TPSA) is 80.8 Å². The van der Waals surface area contributed by atoms with E-state index in [1.54, 1.807) is 6.20 Å². The Labute approximate surface area is 106 Å². The number of nitrogens with zero attached hydrogens (tertiary/aromatic N) is 4. The van der Waals surface area contributed by atoms with Crippen LogP contribution < -0.4 is 10.4 Å². The van der Waals surface area contributed by atoms with Gasteiger partial charge in [-0.05, 0) is 6.92 Å². The summed E-state index contributed by atoms with van der Waals surface area (Å²) < 4.78 is 4.00. The van der Waals surface area contributed by atoms with Crippen LogP contribution >= 0.6 is 0 Å². The summed E-state index contributed by atoms with van der Waals surface area (Å²) in [6, 6.07) is 1.99. The van der Waals surface area contributed by atoms with Crippen molar-refractivity contribution in [2.75, 3.05) is 12.3 Å². The van der Waals surface area contributed by atoms with E-state index in [4.69, 9.17) is 10.8 Å². The summed E-state index contributed by atoms with van der Waals surface area (Å²) in [5.41, 5.74) is 7.84. The molecule has 96 valence electrons. The summed E-state index contributed by atoms with van der Waals surface area (Å²) in [6.45, 7) is 2.58. The van der Waals surface area contributed by atoms with Gasteiger partial charge < -0.3 is 10.8 Å². The van der Waals surface area contributed by atoms with Crippen molar-refractivity contribution in [1.29, 1.82) is 0 Å². The first-order valence-electron chi connectivity index (χ1n) is 5.85. The maximum Gasteiger partial charge on any atom is 0.202 e. The average Bonchev–Trinajstić information content (AvgIpc) is 2.66. The van der Waals surface area contributed by atoms with Crippen molar-refractivity contribution >= 4 is 5.82 Å². The first-order valence-corrected chi connectivity index (χ1v) is 5.85. The molecule has 2 rings (SSSR count). The van der Waals surface area contributed by atoms with E-state index in [2.05, 4.69) is 9.97 Å². The van der Waals surface area contributed by atoms with E-state index in [9.17, 15) is 0 Å². The zero-order valence-electron chi connectivity index (χ0n) is 10.7. The zero-order valence-corrected chi connectivity index (χ0v) is 10.7. The lowest BCUT2D eigenvalue weighted by Crippen LogP contribution is -2.42. The van der Waals surface area contributed by atoms with Gasteiger partial charge in [-0.3, -0.25) is 0 Å². The van der Waals surface area contributed by atoms with Crippen molar-refractivity contribution in [2.45, 2.75) is 19.9 Å². The Morgan fingerprint density at radius 3 is 2.94 bits per heavy atom. The summed E-state index contributed by atoms with van der Waals surface area (Å²) >= 11 is 0. The molecule has 0 aliphatic carbocycles. The van der Waals surface area contributed by atoms with Crippen LogP contribution in [0.25, 0.3) is 0 Å². The molecule has 2 aromatic rings. The molecule has 0 radical (unpaired) electrons. The molecule has 0 bridgehead atoms. The lowest BCUT2D eigenvalue weighted by atomic mass is 10.3. The van der Waals surface area contributed by atoms with E-state index in [1.807, 2.05) is 35.6 Å². The Balaban J connectivity index is 2.23. The number of aliphatic hydroxyl groups excluding tert-OH is 1. The van der Waals surface area contributed by atoms with Gasteiger partial charge in [-0.25, -0.2) is 9.97 Å². The molecule has 0 aliphatic heterocycles. The molecular formula is C12H18N5O+. The van der Waals surface area contributed by atoms with Crippen LogP contribution in [0.5, 0.6) is 0 Å². The second-order valence-electron chi connectivity index (χ2n) is 4.23. The van der Waals surface area contributed by atoms with Gasteiger partial charge in [0.2, 0.25) is 6.54 Å². The third kappa shape index (κ3) is 2.48. The Morgan fingerprint density at radius 1 is 1.50 bits per heavy atom. The van der Waals surface area contributed by atoms with Crippen LogP contribution in [0.3, 0.4) is 0 Å². The lowest BCUT2D eigenvalue weighted by molar-refractivity contribution is -0.766.